The van der Waals surface area contributed by atoms with Gasteiger partial charge >= 0.3 is 6.09 Å². The number of carbonyl (C=O) groups is 1. The summed E-state index contributed by atoms with van der Waals surface area (Å²) in [5.41, 5.74) is 1.59. The van der Waals surface area contributed by atoms with Crippen molar-refractivity contribution in [2.75, 3.05) is 0 Å². The molecule has 0 aliphatic heterocycles. The van der Waals surface area contributed by atoms with Gasteiger partial charge in [0, 0.05) is 23.4 Å². The number of aromatic nitrogens is 1. The Morgan fingerprint density at radius 3 is 2.36 bits per heavy atom. The van der Waals surface area contributed by atoms with Gasteiger partial charge in [0.15, 0.2) is 0 Å². The molecule has 3 atom stereocenters. The molecule has 3 aromatic rings. The van der Waals surface area contributed by atoms with Gasteiger partial charge < -0.3 is 15.2 Å². The molecule has 0 saturated heterocycles. The van der Waals surface area contributed by atoms with E-state index in [2.05, 4.69) is 41.5 Å². The van der Waals surface area contributed by atoms with Crippen LogP contribution in [0.2, 0.25) is 0 Å². The first-order valence-electron chi connectivity index (χ1n) is 12.9. The molecule has 2 aromatic carbocycles. The Bertz CT molecular complexity index is 1050. The Balaban J connectivity index is 1.83. The third kappa shape index (κ3) is 9.07. The smallest absolute Gasteiger partial charge is 0.407 e. The van der Waals surface area contributed by atoms with Crippen molar-refractivity contribution in [1.29, 1.82) is 0 Å². The highest BCUT2D eigenvalue weighted by molar-refractivity contribution is 7.11. The number of benzene rings is 2. The molecule has 5 nitrogen and oxygen atoms in total. The summed E-state index contributed by atoms with van der Waals surface area (Å²) < 4.78 is 5.59. The molecule has 3 rings (SSSR count). The number of thiazole rings is 1. The zero-order chi connectivity index (χ0) is 26.0. The van der Waals surface area contributed by atoms with Crippen LogP contribution in [0.25, 0.3) is 0 Å². The fourth-order valence-corrected chi connectivity index (χ4v) is 5.29. The van der Waals surface area contributed by atoms with Crippen LogP contribution in [-0.4, -0.2) is 33.9 Å². The highest BCUT2D eigenvalue weighted by Crippen LogP contribution is 2.29. The first-order chi connectivity index (χ1) is 17.2. The third-order valence-electron chi connectivity index (χ3n) is 6.09. The lowest BCUT2D eigenvalue weighted by molar-refractivity contribution is 0.0384. The Hall–Kier alpha value is -2.70. The minimum Gasteiger partial charge on any atom is -0.444 e. The summed E-state index contributed by atoms with van der Waals surface area (Å²) in [4.78, 5) is 18.7. The van der Waals surface area contributed by atoms with Gasteiger partial charge in [0.1, 0.15) is 5.60 Å². The fourth-order valence-electron chi connectivity index (χ4n) is 4.31. The molecule has 0 aliphatic carbocycles. The monoisotopic (exact) mass is 508 g/mol. The van der Waals surface area contributed by atoms with Crippen LogP contribution in [0.5, 0.6) is 0 Å². The summed E-state index contributed by atoms with van der Waals surface area (Å²) in [7, 11) is 0. The Morgan fingerprint density at radius 1 is 1.06 bits per heavy atom. The predicted molar refractivity (Wildman–Crippen MR) is 148 cm³/mol. The molecule has 0 spiro atoms. The maximum atomic E-state index is 12.9. The molecule has 36 heavy (non-hydrogen) atoms. The zero-order valence-corrected chi connectivity index (χ0v) is 22.8. The van der Waals surface area contributed by atoms with Crippen LogP contribution in [0.15, 0.2) is 66.9 Å². The van der Waals surface area contributed by atoms with Gasteiger partial charge in [0.2, 0.25) is 0 Å². The number of carbonyl (C=O) groups excluding carboxylic acids is 1. The van der Waals surface area contributed by atoms with Crippen molar-refractivity contribution in [1.82, 2.24) is 10.3 Å². The molecule has 0 saturated carbocycles. The summed E-state index contributed by atoms with van der Waals surface area (Å²) in [6.45, 7) is 7.72. The largest absolute Gasteiger partial charge is 0.444 e. The van der Waals surface area contributed by atoms with E-state index in [0.29, 0.717) is 19.3 Å². The number of aryl methyl sites for hydroxylation is 2. The van der Waals surface area contributed by atoms with Crippen molar-refractivity contribution < 1.29 is 14.6 Å². The van der Waals surface area contributed by atoms with Gasteiger partial charge in [-0.3, -0.25) is 0 Å². The molecule has 0 radical (unpaired) electrons. The molecule has 1 amide bonds. The van der Waals surface area contributed by atoms with Gasteiger partial charge in [-0.1, -0.05) is 74.0 Å². The van der Waals surface area contributed by atoms with Crippen LogP contribution in [0, 0.1) is 0 Å². The molecular weight excluding hydrogens is 468 g/mol. The highest BCUT2D eigenvalue weighted by atomic mass is 32.1. The molecule has 2 N–H and O–H groups in total. The minimum absolute atomic E-state index is 0.132. The van der Waals surface area contributed by atoms with Crippen LogP contribution in [0.4, 0.5) is 4.79 Å². The first kappa shape index (κ1) is 27.9. The average molecular weight is 509 g/mol. The number of aliphatic hydroxyl groups excluding tert-OH is 1. The third-order valence-corrected chi connectivity index (χ3v) is 7.21. The van der Waals surface area contributed by atoms with Gasteiger partial charge in [-0.2, -0.15) is 0 Å². The average Bonchev–Trinajstić information content (AvgIpc) is 3.31. The SMILES string of the molecule is CCCCc1cnc(CC[C@H](O)[C@@H](NC(=O)OC(C)(C)C)C(Cc2ccccc2)c2ccccc2)s1. The molecule has 1 aromatic heterocycles. The standard InChI is InChI=1S/C30H40N2O3S/c1-5-6-17-24-21-31-27(36-24)19-18-26(33)28(32-29(34)35-30(2,3)4)25(23-15-11-8-12-16-23)20-22-13-9-7-10-14-22/h7-16,21,25-26,28,33H,5-6,17-20H2,1-4H3,(H,32,34)/t25?,26-,28-/m0/s1. The molecule has 0 aliphatic rings. The van der Waals surface area contributed by atoms with E-state index in [0.717, 1.165) is 35.4 Å². The van der Waals surface area contributed by atoms with Gasteiger partial charge in [-0.25, -0.2) is 9.78 Å². The Morgan fingerprint density at radius 2 is 1.72 bits per heavy atom. The van der Waals surface area contributed by atoms with E-state index in [1.165, 1.54) is 4.88 Å². The first-order valence-corrected chi connectivity index (χ1v) is 13.8. The summed E-state index contributed by atoms with van der Waals surface area (Å²) in [5.74, 6) is -0.132. The molecule has 0 fully saturated rings. The van der Waals surface area contributed by atoms with E-state index in [-0.39, 0.29) is 5.92 Å². The number of amides is 1. The Kier molecular flexibility index (Phi) is 10.5. The number of hydrogen-bond donors (Lipinski definition) is 2. The molecule has 194 valence electrons. The van der Waals surface area contributed by atoms with Crippen LogP contribution >= 0.6 is 11.3 Å². The van der Waals surface area contributed by atoms with Gasteiger partial charge in [0.25, 0.3) is 0 Å². The normalized spacial score (nSPS) is 14.1. The molecule has 1 unspecified atom stereocenters. The number of ether oxygens (including phenoxy) is 1. The molecular formula is C30H40N2O3S. The minimum atomic E-state index is -0.769. The predicted octanol–water partition coefficient (Wildman–Crippen LogP) is 6.70. The lowest BCUT2D eigenvalue weighted by atomic mass is 9.82. The summed E-state index contributed by atoms with van der Waals surface area (Å²) in [6.07, 6.45) is 5.88. The lowest BCUT2D eigenvalue weighted by Crippen LogP contribution is -2.49. The number of hydrogen-bond acceptors (Lipinski definition) is 5. The number of unbranched alkanes of at least 4 members (excludes halogenated alkanes) is 1. The molecule has 0 bridgehead atoms. The van der Waals surface area contributed by atoms with E-state index in [1.807, 2.05) is 63.4 Å². The fraction of sp³-hybridized carbons (Fsp3) is 0.467. The quantitative estimate of drug-likeness (QED) is 0.286. The lowest BCUT2D eigenvalue weighted by Gasteiger charge is -2.33. The van der Waals surface area contributed by atoms with Gasteiger partial charge in [-0.15, -0.1) is 11.3 Å². The van der Waals surface area contributed by atoms with Crippen LogP contribution in [-0.2, 0) is 24.0 Å². The van der Waals surface area contributed by atoms with Crippen molar-refractivity contribution in [2.45, 2.75) is 89.9 Å². The number of nitrogens with zero attached hydrogens (tertiary/aromatic N) is 1. The van der Waals surface area contributed by atoms with E-state index < -0.39 is 23.8 Å². The maximum absolute atomic E-state index is 12.9. The van der Waals surface area contributed by atoms with Crippen LogP contribution in [0.3, 0.4) is 0 Å². The van der Waals surface area contributed by atoms with E-state index >= 15 is 0 Å². The van der Waals surface area contributed by atoms with E-state index in [9.17, 15) is 9.90 Å². The van der Waals surface area contributed by atoms with Gasteiger partial charge in [-0.05, 0) is 57.6 Å². The van der Waals surface area contributed by atoms with Crippen LogP contribution in [0.1, 0.15) is 73.9 Å². The number of rotatable bonds is 12. The Labute approximate surface area is 219 Å². The van der Waals surface area contributed by atoms with E-state index in [4.69, 9.17) is 4.74 Å². The highest BCUT2D eigenvalue weighted by Gasteiger charge is 2.33. The van der Waals surface area contributed by atoms with Crippen molar-refractivity contribution in [3.05, 3.63) is 87.9 Å². The zero-order valence-electron chi connectivity index (χ0n) is 21.9. The number of alkyl carbamates (subject to hydrolysis) is 1. The second-order valence-corrected chi connectivity index (χ2v) is 11.5. The summed E-state index contributed by atoms with van der Waals surface area (Å²) in [6, 6.07) is 19.8. The number of nitrogens with one attached hydrogen (secondary N) is 1. The van der Waals surface area contributed by atoms with Crippen molar-refractivity contribution >= 4 is 17.4 Å². The summed E-state index contributed by atoms with van der Waals surface area (Å²) >= 11 is 1.72. The maximum Gasteiger partial charge on any atom is 0.407 e. The van der Waals surface area contributed by atoms with Crippen molar-refractivity contribution in [2.24, 2.45) is 0 Å². The van der Waals surface area contributed by atoms with Crippen molar-refractivity contribution in [3.8, 4) is 0 Å². The number of aliphatic hydroxyl groups is 1. The molecule has 6 heteroatoms. The molecule has 1 heterocycles. The van der Waals surface area contributed by atoms with Crippen molar-refractivity contribution in [3.63, 3.8) is 0 Å². The second-order valence-electron chi connectivity index (χ2n) is 10.3. The van der Waals surface area contributed by atoms with Crippen LogP contribution < -0.4 is 5.32 Å². The second kappa shape index (κ2) is 13.6. The summed E-state index contributed by atoms with van der Waals surface area (Å²) in [5, 5.41) is 15.5. The van der Waals surface area contributed by atoms with E-state index in [1.54, 1.807) is 11.3 Å². The van der Waals surface area contributed by atoms with Gasteiger partial charge in [0.05, 0.1) is 17.2 Å². The topological polar surface area (TPSA) is 71.5 Å².